The van der Waals surface area contributed by atoms with Crippen LogP contribution in [0.2, 0.25) is 0 Å². The van der Waals surface area contributed by atoms with Crippen molar-refractivity contribution in [2.24, 2.45) is 11.7 Å². The van der Waals surface area contributed by atoms with Crippen molar-refractivity contribution >= 4 is 5.91 Å². The van der Waals surface area contributed by atoms with E-state index in [1.54, 1.807) is 6.92 Å². The number of halogens is 2. The van der Waals surface area contributed by atoms with Gasteiger partial charge in [0.25, 0.3) is 0 Å². The fraction of sp³-hybridized carbons (Fsp3) is 0.667. The normalized spacial score (nSPS) is 25.3. The predicted molar refractivity (Wildman–Crippen MR) is 100 cm³/mol. The van der Waals surface area contributed by atoms with Gasteiger partial charge in [-0.2, -0.15) is 0 Å². The average molecular weight is 380 g/mol. The molecule has 4 nitrogen and oxygen atoms in total. The van der Waals surface area contributed by atoms with Crippen LogP contribution in [0.5, 0.6) is 0 Å². The Morgan fingerprint density at radius 2 is 1.89 bits per heavy atom. The smallest absolute Gasteiger partial charge is 0.237 e. The van der Waals surface area contributed by atoms with Crippen molar-refractivity contribution in [1.82, 2.24) is 5.32 Å². The minimum atomic E-state index is -0.635. The molecule has 1 aliphatic carbocycles. The fourth-order valence-electron chi connectivity index (χ4n) is 4.72. The lowest BCUT2D eigenvalue weighted by atomic mass is 9.76. The van der Waals surface area contributed by atoms with E-state index in [9.17, 15) is 13.6 Å². The van der Waals surface area contributed by atoms with Gasteiger partial charge in [-0.25, -0.2) is 8.78 Å². The Labute approximate surface area is 159 Å². The molecule has 1 saturated heterocycles. The minimum absolute atomic E-state index is 0.169. The first-order valence-electron chi connectivity index (χ1n) is 9.99. The Balaban J connectivity index is 1.49. The molecule has 0 spiro atoms. The molecular formula is C21H30F2N2O2. The van der Waals surface area contributed by atoms with Gasteiger partial charge >= 0.3 is 0 Å². The molecule has 1 amide bonds. The fourth-order valence-corrected chi connectivity index (χ4v) is 4.72. The van der Waals surface area contributed by atoms with Crippen LogP contribution >= 0.6 is 0 Å². The number of ether oxygens (including phenoxy) is 1. The summed E-state index contributed by atoms with van der Waals surface area (Å²) in [5.41, 5.74) is 6.38. The van der Waals surface area contributed by atoms with Crippen molar-refractivity contribution in [2.45, 2.75) is 63.3 Å². The molecule has 0 unspecified atom stereocenters. The van der Waals surface area contributed by atoms with Crippen LogP contribution in [0.25, 0.3) is 0 Å². The van der Waals surface area contributed by atoms with E-state index < -0.39 is 17.2 Å². The Morgan fingerprint density at radius 3 is 2.48 bits per heavy atom. The molecule has 1 aromatic rings. The summed E-state index contributed by atoms with van der Waals surface area (Å²) in [4.78, 5) is 11.9. The number of hydrogen-bond donors (Lipinski definition) is 2. The number of carbonyl (C=O) groups is 1. The van der Waals surface area contributed by atoms with Gasteiger partial charge < -0.3 is 15.8 Å². The second-order valence-corrected chi connectivity index (χ2v) is 8.11. The molecule has 27 heavy (non-hydrogen) atoms. The van der Waals surface area contributed by atoms with E-state index >= 15 is 0 Å². The maximum Gasteiger partial charge on any atom is 0.237 e. The number of benzene rings is 1. The number of nitrogens with one attached hydrogen (secondary N) is 1. The molecule has 1 aliphatic heterocycles. The van der Waals surface area contributed by atoms with Crippen LogP contribution in [-0.4, -0.2) is 31.2 Å². The molecule has 0 aromatic heterocycles. The number of primary amides is 1. The van der Waals surface area contributed by atoms with Crippen LogP contribution in [0.15, 0.2) is 12.1 Å². The highest BCUT2D eigenvalue weighted by Gasteiger charge is 2.38. The monoisotopic (exact) mass is 380 g/mol. The van der Waals surface area contributed by atoms with E-state index in [1.165, 1.54) is 6.07 Å². The summed E-state index contributed by atoms with van der Waals surface area (Å²) >= 11 is 0. The van der Waals surface area contributed by atoms with E-state index in [0.717, 1.165) is 44.7 Å². The van der Waals surface area contributed by atoms with Crippen LogP contribution in [-0.2, 0) is 9.53 Å². The molecule has 0 radical (unpaired) electrons. The van der Waals surface area contributed by atoms with Crippen LogP contribution < -0.4 is 11.1 Å². The zero-order valence-corrected chi connectivity index (χ0v) is 16.0. The number of amides is 1. The highest BCUT2D eigenvalue weighted by atomic mass is 19.1. The Bertz CT molecular complexity index is 643. The number of aryl methyl sites for hydroxylation is 1. The first kappa shape index (κ1) is 20.2. The Morgan fingerprint density at radius 1 is 1.22 bits per heavy atom. The third-order valence-corrected chi connectivity index (χ3v) is 6.39. The molecule has 0 bridgehead atoms. The van der Waals surface area contributed by atoms with Crippen molar-refractivity contribution in [2.75, 3.05) is 19.8 Å². The zero-order chi connectivity index (χ0) is 19.4. The van der Waals surface area contributed by atoms with Gasteiger partial charge in [-0.1, -0.05) is 0 Å². The van der Waals surface area contributed by atoms with Crippen LogP contribution in [0.4, 0.5) is 8.78 Å². The summed E-state index contributed by atoms with van der Waals surface area (Å²) in [6, 6.07) is 2.42. The van der Waals surface area contributed by atoms with Gasteiger partial charge in [0, 0.05) is 19.3 Å². The molecule has 1 aromatic carbocycles. The molecule has 1 saturated carbocycles. The van der Waals surface area contributed by atoms with Crippen molar-refractivity contribution in [3.63, 3.8) is 0 Å². The van der Waals surface area contributed by atoms with Gasteiger partial charge in [-0.3, -0.25) is 4.79 Å². The van der Waals surface area contributed by atoms with Crippen LogP contribution in [0.3, 0.4) is 0 Å². The summed E-state index contributed by atoms with van der Waals surface area (Å²) in [6.07, 6.45) is 6.11. The number of carbonyl (C=O) groups excluding carboxylic acids is 1. The lowest BCUT2D eigenvalue weighted by Crippen LogP contribution is -2.58. The number of hydrogen-bond acceptors (Lipinski definition) is 3. The zero-order valence-electron chi connectivity index (χ0n) is 16.0. The number of nitrogens with two attached hydrogens (primary N) is 1. The van der Waals surface area contributed by atoms with Crippen molar-refractivity contribution < 1.29 is 18.3 Å². The summed E-state index contributed by atoms with van der Waals surface area (Å²) in [6.45, 7) is 3.66. The largest absolute Gasteiger partial charge is 0.381 e. The second-order valence-electron chi connectivity index (χ2n) is 8.11. The summed E-state index contributed by atoms with van der Waals surface area (Å²) in [5, 5.41) is 3.39. The van der Waals surface area contributed by atoms with E-state index in [0.29, 0.717) is 43.1 Å². The highest BCUT2D eigenvalue weighted by molar-refractivity contribution is 5.84. The average Bonchev–Trinajstić information content (AvgIpc) is 2.63. The summed E-state index contributed by atoms with van der Waals surface area (Å²) in [5.74, 6) is -0.494. The van der Waals surface area contributed by atoms with Gasteiger partial charge in [-0.15, -0.1) is 0 Å². The lowest BCUT2D eigenvalue weighted by Gasteiger charge is -2.36. The van der Waals surface area contributed by atoms with E-state index in [2.05, 4.69) is 5.32 Å². The van der Waals surface area contributed by atoms with E-state index in [4.69, 9.17) is 10.5 Å². The van der Waals surface area contributed by atoms with Crippen molar-refractivity contribution in [3.8, 4) is 0 Å². The van der Waals surface area contributed by atoms with Crippen LogP contribution in [0, 0.1) is 24.5 Å². The topological polar surface area (TPSA) is 64.3 Å². The standard InChI is InChI=1S/C21H30F2N2O2/c1-14-12-17(22)13-18(23)19(14)16-4-2-15(3-5-16)6-9-25-21(20(24)26)7-10-27-11-8-21/h12-13,15-16,25H,2-11H2,1H3,(H2,24,26). The van der Waals surface area contributed by atoms with Gasteiger partial charge in [0.1, 0.15) is 17.2 Å². The molecule has 2 aliphatic rings. The summed E-state index contributed by atoms with van der Waals surface area (Å²) in [7, 11) is 0. The third kappa shape index (κ3) is 4.66. The molecular weight excluding hydrogens is 350 g/mol. The van der Waals surface area contributed by atoms with Crippen LogP contribution in [0.1, 0.15) is 62.0 Å². The maximum absolute atomic E-state index is 14.2. The maximum atomic E-state index is 14.2. The predicted octanol–water partition coefficient (Wildman–Crippen LogP) is 3.56. The minimum Gasteiger partial charge on any atom is -0.381 e. The van der Waals surface area contributed by atoms with Gasteiger partial charge in [0.15, 0.2) is 0 Å². The third-order valence-electron chi connectivity index (χ3n) is 6.39. The van der Waals surface area contributed by atoms with E-state index in [1.807, 2.05) is 0 Å². The van der Waals surface area contributed by atoms with Gasteiger partial charge in [-0.05, 0) is 87.4 Å². The quantitative estimate of drug-likeness (QED) is 0.793. The van der Waals surface area contributed by atoms with Crippen molar-refractivity contribution in [3.05, 3.63) is 34.9 Å². The molecule has 1 heterocycles. The molecule has 3 rings (SSSR count). The first-order chi connectivity index (χ1) is 12.9. The molecule has 0 atom stereocenters. The molecule has 6 heteroatoms. The highest BCUT2D eigenvalue weighted by Crippen LogP contribution is 2.39. The Hall–Kier alpha value is -1.53. The SMILES string of the molecule is Cc1cc(F)cc(F)c1C1CCC(CCNC2(C(N)=O)CCOCC2)CC1. The number of rotatable bonds is 6. The first-order valence-corrected chi connectivity index (χ1v) is 9.99. The molecule has 2 fully saturated rings. The Kier molecular flexibility index (Phi) is 6.48. The van der Waals surface area contributed by atoms with Crippen molar-refractivity contribution in [1.29, 1.82) is 0 Å². The van der Waals surface area contributed by atoms with E-state index in [-0.39, 0.29) is 11.8 Å². The molecule has 3 N–H and O–H groups in total. The molecule has 150 valence electrons. The summed E-state index contributed by atoms with van der Waals surface area (Å²) < 4.78 is 32.9. The van der Waals surface area contributed by atoms with Gasteiger partial charge in [0.2, 0.25) is 5.91 Å². The lowest BCUT2D eigenvalue weighted by molar-refractivity contribution is -0.128. The second kappa shape index (κ2) is 8.65. The van der Waals surface area contributed by atoms with Gasteiger partial charge in [0.05, 0.1) is 0 Å².